The predicted octanol–water partition coefficient (Wildman–Crippen LogP) is 6.99. The SMILES string of the molecule is CCCCOc1ccc(-c2ccc(C3CCC(OCCCC)CO3)c(F)c2F)cc1F. The average Bonchev–Trinajstić information content (AvgIpc) is 2.78. The van der Waals surface area contributed by atoms with Crippen LogP contribution in [0.2, 0.25) is 0 Å². The van der Waals surface area contributed by atoms with Gasteiger partial charge in [-0.2, -0.15) is 0 Å². The van der Waals surface area contributed by atoms with Crippen molar-refractivity contribution in [3.63, 3.8) is 0 Å². The first kappa shape index (κ1) is 23.6. The Balaban J connectivity index is 1.69. The third-order valence-electron chi connectivity index (χ3n) is 5.54. The Hall–Kier alpha value is -2.05. The van der Waals surface area contributed by atoms with Crippen LogP contribution in [0.15, 0.2) is 30.3 Å². The molecule has 6 heteroatoms. The highest BCUT2D eigenvalue weighted by Gasteiger charge is 2.27. The molecule has 2 aromatic carbocycles. The molecule has 2 aromatic rings. The van der Waals surface area contributed by atoms with Crippen molar-refractivity contribution in [2.24, 2.45) is 0 Å². The summed E-state index contributed by atoms with van der Waals surface area (Å²) < 4.78 is 61.0. The van der Waals surface area contributed by atoms with Crippen LogP contribution in [0.4, 0.5) is 13.2 Å². The molecule has 31 heavy (non-hydrogen) atoms. The number of hydrogen-bond acceptors (Lipinski definition) is 3. The van der Waals surface area contributed by atoms with Gasteiger partial charge in [0, 0.05) is 17.7 Å². The molecule has 3 rings (SSSR count). The number of unbranched alkanes of at least 4 members (excludes halogenated alkanes) is 2. The predicted molar refractivity (Wildman–Crippen MR) is 115 cm³/mol. The van der Waals surface area contributed by atoms with E-state index < -0.39 is 23.6 Å². The second kappa shape index (κ2) is 11.5. The average molecular weight is 437 g/mol. The monoisotopic (exact) mass is 436 g/mol. The molecule has 0 spiro atoms. The van der Waals surface area contributed by atoms with Gasteiger partial charge in [0.15, 0.2) is 23.2 Å². The lowest BCUT2D eigenvalue weighted by molar-refractivity contribution is -0.0881. The summed E-state index contributed by atoms with van der Waals surface area (Å²) in [6.07, 6.45) is 4.59. The van der Waals surface area contributed by atoms with Crippen LogP contribution in [-0.2, 0) is 9.47 Å². The molecule has 0 radical (unpaired) electrons. The van der Waals surface area contributed by atoms with Gasteiger partial charge in [-0.25, -0.2) is 13.2 Å². The van der Waals surface area contributed by atoms with E-state index in [1.165, 1.54) is 30.3 Å². The van der Waals surface area contributed by atoms with Crippen LogP contribution < -0.4 is 4.74 Å². The van der Waals surface area contributed by atoms with E-state index in [9.17, 15) is 13.2 Å². The van der Waals surface area contributed by atoms with Crippen LogP contribution in [0, 0.1) is 17.5 Å². The number of ether oxygens (including phenoxy) is 3. The van der Waals surface area contributed by atoms with Crippen LogP contribution in [0.25, 0.3) is 11.1 Å². The molecule has 1 aliphatic rings. The van der Waals surface area contributed by atoms with Gasteiger partial charge in [-0.3, -0.25) is 0 Å². The van der Waals surface area contributed by atoms with E-state index >= 15 is 0 Å². The first-order valence-electron chi connectivity index (χ1n) is 11.2. The van der Waals surface area contributed by atoms with Gasteiger partial charge in [0.05, 0.1) is 25.4 Å². The summed E-state index contributed by atoms with van der Waals surface area (Å²) in [7, 11) is 0. The Morgan fingerprint density at radius 2 is 1.71 bits per heavy atom. The van der Waals surface area contributed by atoms with Crippen molar-refractivity contribution < 1.29 is 27.4 Å². The van der Waals surface area contributed by atoms with E-state index in [-0.39, 0.29) is 28.5 Å². The summed E-state index contributed by atoms with van der Waals surface area (Å²) in [5.74, 6) is -2.43. The first-order valence-corrected chi connectivity index (χ1v) is 11.2. The maximum Gasteiger partial charge on any atom is 0.167 e. The van der Waals surface area contributed by atoms with E-state index in [4.69, 9.17) is 14.2 Å². The molecule has 0 amide bonds. The highest BCUT2D eigenvalue weighted by Crippen LogP contribution is 2.35. The van der Waals surface area contributed by atoms with Gasteiger partial charge in [0.25, 0.3) is 0 Å². The van der Waals surface area contributed by atoms with Crippen molar-refractivity contribution in [2.45, 2.75) is 64.6 Å². The summed E-state index contributed by atoms with van der Waals surface area (Å²) in [5, 5.41) is 0. The highest BCUT2D eigenvalue weighted by molar-refractivity contribution is 5.66. The highest BCUT2D eigenvalue weighted by atomic mass is 19.2. The second-order valence-electron chi connectivity index (χ2n) is 7.92. The third-order valence-corrected chi connectivity index (χ3v) is 5.54. The summed E-state index contributed by atoms with van der Waals surface area (Å²) in [5.41, 5.74) is 0.460. The second-order valence-corrected chi connectivity index (χ2v) is 7.92. The van der Waals surface area contributed by atoms with E-state index in [1.807, 2.05) is 6.92 Å². The van der Waals surface area contributed by atoms with Crippen molar-refractivity contribution in [1.82, 2.24) is 0 Å². The zero-order valence-electron chi connectivity index (χ0n) is 18.3. The van der Waals surface area contributed by atoms with Crippen molar-refractivity contribution in [2.75, 3.05) is 19.8 Å². The van der Waals surface area contributed by atoms with Gasteiger partial charge in [-0.1, -0.05) is 44.9 Å². The number of rotatable bonds is 10. The topological polar surface area (TPSA) is 27.7 Å². The zero-order valence-corrected chi connectivity index (χ0v) is 18.3. The Morgan fingerprint density at radius 3 is 2.39 bits per heavy atom. The molecule has 0 saturated carbocycles. The third kappa shape index (κ3) is 6.01. The van der Waals surface area contributed by atoms with Gasteiger partial charge >= 0.3 is 0 Å². The lowest BCUT2D eigenvalue weighted by Gasteiger charge is -2.29. The van der Waals surface area contributed by atoms with Crippen molar-refractivity contribution in [1.29, 1.82) is 0 Å². The minimum atomic E-state index is -0.999. The van der Waals surface area contributed by atoms with Crippen LogP contribution >= 0.6 is 0 Å². The minimum absolute atomic E-state index is 0.00369. The van der Waals surface area contributed by atoms with E-state index in [0.29, 0.717) is 26.2 Å². The molecular weight excluding hydrogens is 405 g/mol. The van der Waals surface area contributed by atoms with Crippen molar-refractivity contribution in [3.8, 4) is 16.9 Å². The zero-order chi connectivity index (χ0) is 22.2. The largest absolute Gasteiger partial charge is 0.491 e. The van der Waals surface area contributed by atoms with Gasteiger partial charge in [0.1, 0.15) is 0 Å². The lowest BCUT2D eigenvalue weighted by Crippen LogP contribution is -2.28. The molecule has 170 valence electrons. The fraction of sp³-hybridized carbons (Fsp3) is 0.520. The summed E-state index contributed by atoms with van der Waals surface area (Å²) in [6.45, 7) is 5.58. The molecule has 0 aromatic heterocycles. The van der Waals surface area contributed by atoms with E-state index in [2.05, 4.69) is 6.92 Å². The smallest absolute Gasteiger partial charge is 0.167 e. The standard InChI is InChI=1S/C25H31F3O3/c1-3-5-13-29-18-8-12-22(31-16-18)20-10-9-19(24(27)25(20)28)17-7-11-23(21(26)15-17)30-14-6-4-2/h7,9-11,15,18,22H,3-6,8,12-14,16H2,1-2H3. The Labute approximate surface area is 182 Å². The van der Waals surface area contributed by atoms with Crippen LogP contribution in [0.5, 0.6) is 5.75 Å². The quantitative estimate of drug-likeness (QED) is 0.376. The molecule has 2 atom stereocenters. The fourth-order valence-electron chi connectivity index (χ4n) is 3.65. The van der Waals surface area contributed by atoms with Gasteiger partial charge in [-0.15, -0.1) is 0 Å². The maximum atomic E-state index is 14.9. The number of benzene rings is 2. The number of halogens is 3. The summed E-state index contributed by atoms with van der Waals surface area (Å²) in [4.78, 5) is 0. The summed E-state index contributed by atoms with van der Waals surface area (Å²) >= 11 is 0. The molecule has 0 N–H and O–H groups in total. The molecule has 1 aliphatic heterocycles. The van der Waals surface area contributed by atoms with Crippen LogP contribution in [-0.4, -0.2) is 25.9 Å². The van der Waals surface area contributed by atoms with Crippen LogP contribution in [0.1, 0.15) is 64.0 Å². The molecule has 1 saturated heterocycles. The summed E-state index contributed by atoms with van der Waals surface area (Å²) in [6, 6.07) is 7.17. The van der Waals surface area contributed by atoms with Gasteiger partial charge < -0.3 is 14.2 Å². The van der Waals surface area contributed by atoms with E-state index in [1.54, 1.807) is 0 Å². The van der Waals surface area contributed by atoms with Crippen molar-refractivity contribution >= 4 is 0 Å². The molecule has 0 bridgehead atoms. The number of hydrogen-bond donors (Lipinski definition) is 0. The molecule has 1 heterocycles. The maximum absolute atomic E-state index is 14.9. The Morgan fingerprint density at radius 1 is 0.935 bits per heavy atom. The lowest BCUT2D eigenvalue weighted by atomic mass is 9.96. The Bertz CT molecular complexity index is 848. The minimum Gasteiger partial charge on any atom is -0.491 e. The molecule has 0 aliphatic carbocycles. The molecule has 1 fully saturated rings. The molecular formula is C25H31F3O3. The molecule has 2 unspecified atom stereocenters. The van der Waals surface area contributed by atoms with Crippen molar-refractivity contribution in [3.05, 3.63) is 53.3 Å². The Kier molecular flexibility index (Phi) is 8.79. The molecule has 3 nitrogen and oxygen atoms in total. The van der Waals surface area contributed by atoms with Crippen LogP contribution in [0.3, 0.4) is 0 Å². The van der Waals surface area contributed by atoms with Gasteiger partial charge in [-0.05, 0) is 43.4 Å². The fourth-order valence-corrected chi connectivity index (χ4v) is 3.65. The normalized spacial score (nSPS) is 18.9. The van der Waals surface area contributed by atoms with Gasteiger partial charge in [0.2, 0.25) is 0 Å². The first-order chi connectivity index (χ1) is 15.0. The van der Waals surface area contributed by atoms with E-state index in [0.717, 1.165) is 32.1 Å².